The van der Waals surface area contributed by atoms with Gasteiger partial charge in [0.25, 0.3) is 5.56 Å². The maximum atomic E-state index is 12.0. The van der Waals surface area contributed by atoms with Crippen molar-refractivity contribution in [2.24, 2.45) is 0 Å². The highest BCUT2D eigenvalue weighted by molar-refractivity contribution is 9.10. The molecule has 2 heterocycles. The number of hydrogen-bond donors (Lipinski definition) is 2. The zero-order valence-electron chi connectivity index (χ0n) is 9.38. The third-order valence-corrected chi connectivity index (χ3v) is 4.19. The lowest BCUT2D eigenvalue weighted by molar-refractivity contribution is 0.162. The van der Waals surface area contributed by atoms with Crippen LogP contribution in [0.2, 0.25) is 0 Å². The first-order chi connectivity index (χ1) is 9.08. The number of aromatic nitrogens is 2. The van der Waals surface area contributed by atoms with Gasteiger partial charge in [-0.15, -0.1) is 11.3 Å². The van der Waals surface area contributed by atoms with E-state index in [1.165, 1.54) is 11.3 Å². The quantitative estimate of drug-likeness (QED) is 0.669. The van der Waals surface area contributed by atoms with Gasteiger partial charge in [0.1, 0.15) is 4.83 Å². The van der Waals surface area contributed by atoms with Crippen LogP contribution in [-0.4, -0.2) is 14.9 Å². The van der Waals surface area contributed by atoms with Crippen LogP contribution in [0.3, 0.4) is 0 Å². The number of H-pyrrole nitrogens is 1. The molecule has 0 aliphatic rings. The Morgan fingerprint density at radius 1 is 1.21 bits per heavy atom. The molecule has 0 fully saturated rings. The molecule has 0 aliphatic heterocycles. The lowest BCUT2D eigenvalue weighted by Gasteiger charge is -2.00. The van der Waals surface area contributed by atoms with Crippen molar-refractivity contribution in [3.8, 4) is 11.1 Å². The third kappa shape index (κ3) is 1.91. The molecule has 0 unspecified atom stereocenters. The lowest BCUT2D eigenvalue weighted by Crippen LogP contribution is -2.32. The molecule has 2 aromatic heterocycles. The monoisotopic (exact) mass is 338 g/mol. The molecule has 19 heavy (non-hydrogen) atoms. The van der Waals surface area contributed by atoms with E-state index in [1.807, 2.05) is 24.3 Å². The SMILES string of the molecule is O=c1[nH]c2scc(-c3ccc(Br)cc3)c2c(=O)n1O. The average molecular weight is 339 g/mol. The summed E-state index contributed by atoms with van der Waals surface area (Å²) in [7, 11) is 0. The van der Waals surface area contributed by atoms with Crippen molar-refractivity contribution in [1.82, 2.24) is 9.71 Å². The van der Waals surface area contributed by atoms with Gasteiger partial charge < -0.3 is 5.21 Å². The van der Waals surface area contributed by atoms with Crippen molar-refractivity contribution in [1.29, 1.82) is 0 Å². The molecule has 2 N–H and O–H groups in total. The lowest BCUT2D eigenvalue weighted by atomic mass is 10.1. The molecule has 1 aromatic carbocycles. The molecule has 0 saturated heterocycles. The second-order valence-corrected chi connectivity index (χ2v) is 5.70. The molecule has 0 amide bonds. The van der Waals surface area contributed by atoms with E-state index in [1.54, 1.807) is 5.38 Å². The fraction of sp³-hybridized carbons (Fsp3) is 0. The van der Waals surface area contributed by atoms with Crippen molar-refractivity contribution >= 4 is 37.5 Å². The number of nitrogens with one attached hydrogen (secondary N) is 1. The Labute approximate surface area is 118 Å². The van der Waals surface area contributed by atoms with Crippen molar-refractivity contribution < 1.29 is 5.21 Å². The molecule has 7 heteroatoms. The van der Waals surface area contributed by atoms with Crippen molar-refractivity contribution in [3.05, 3.63) is 55.0 Å². The second kappa shape index (κ2) is 4.36. The molecule has 0 atom stereocenters. The van der Waals surface area contributed by atoms with E-state index in [9.17, 15) is 14.8 Å². The number of nitrogens with zero attached hydrogens (tertiary/aromatic N) is 1. The first-order valence-electron chi connectivity index (χ1n) is 5.29. The van der Waals surface area contributed by atoms with Crippen LogP contribution in [0.25, 0.3) is 21.3 Å². The van der Waals surface area contributed by atoms with E-state index in [2.05, 4.69) is 20.9 Å². The Morgan fingerprint density at radius 2 is 1.89 bits per heavy atom. The zero-order chi connectivity index (χ0) is 13.6. The number of aromatic amines is 1. The second-order valence-electron chi connectivity index (χ2n) is 3.91. The van der Waals surface area contributed by atoms with Gasteiger partial charge in [0.2, 0.25) is 0 Å². The number of hydrogen-bond acceptors (Lipinski definition) is 4. The molecule has 3 aromatic rings. The predicted octanol–water partition coefficient (Wildman–Crippen LogP) is 2.42. The molecular formula is C12H7BrN2O3S. The van der Waals surface area contributed by atoms with Crippen LogP contribution in [-0.2, 0) is 0 Å². The highest BCUT2D eigenvalue weighted by Crippen LogP contribution is 2.30. The standard InChI is InChI=1S/C12H7BrN2O3S/c13-7-3-1-6(2-4-7)8-5-19-10-9(8)11(16)15(18)12(17)14-10/h1-5,18H,(H,14,17). The van der Waals surface area contributed by atoms with E-state index >= 15 is 0 Å². The summed E-state index contributed by atoms with van der Waals surface area (Å²) in [6, 6.07) is 7.44. The van der Waals surface area contributed by atoms with Gasteiger partial charge in [-0.3, -0.25) is 9.78 Å². The van der Waals surface area contributed by atoms with Gasteiger partial charge in [0.05, 0.1) is 5.39 Å². The number of fused-ring (bicyclic) bond motifs is 1. The van der Waals surface area contributed by atoms with E-state index in [0.29, 0.717) is 15.8 Å². The maximum absolute atomic E-state index is 12.0. The fourth-order valence-electron chi connectivity index (χ4n) is 1.85. The summed E-state index contributed by atoms with van der Waals surface area (Å²) in [5.74, 6) is 0. The minimum atomic E-state index is -0.832. The van der Waals surface area contributed by atoms with E-state index < -0.39 is 11.2 Å². The van der Waals surface area contributed by atoms with Gasteiger partial charge >= 0.3 is 5.69 Å². The van der Waals surface area contributed by atoms with Crippen LogP contribution in [0.15, 0.2) is 43.7 Å². The van der Waals surface area contributed by atoms with Crippen molar-refractivity contribution in [2.75, 3.05) is 0 Å². The number of rotatable bonds is 1. The summed E-state index contributed by atoms with van der Waals surface area (Å²) in [5, 5.41) is 11.5. The third-order valence-electron chi connectivity index (χ3n) is 2.77. The summed E-state index contributed by atoms with van der Waals surface area (Å²) < 4.78 is 1.03. The number of benzene rings is 1. The van der Waals surface area contributed by atoms with E-state index in [4.69, 9.17) is 0 Å². The Bertz CT molecular complexity index is 877. The van der Waals surface area contributed by atoms with Crippen LogP contribution in [0.5, 0.6) is 0 Å². The first kappa shape index (κ1) is 12.2. The van der Waals surface area contributed by atoms with Gasteiger partial charge in [0, 0.05) is 15.4 Å². The fourth-order valence-corrected chi connectivity index (χ4v) is 3.07. The topological polar surface area (TPSA) is 75.1 Å². The summed E-state index contributed by atoms with van der Waals surface area (Å²) in [4.78, 5) is 26.2. The van der Waals surface area contributed by atoms with Gasteiger partial charge in [-0.05, 0) is 17.7 Å². The highest BCUT2D eigenvalue weighted by Gasteiger charge is 2.14. The van der Waals surface area contributed by atoms with E-state index in [-0.39, 0.29) is 4.73 Å². The summed E-state index contributed by atoms with van der Waals surface area (Å²) in [6.45, 7) is 0. The largest absolute Gasteiger partial charge is 0.421 e. The normalized spacial score (nSPS) is 11.0. The van der Waals surface area contributed by atoms with Gasteiger partial charge in [-0.2, -0.15) is 0 Å². The van der Waals surface area contributed by atoms with Crippen molar-refractivity contribution in [2.45, 2.75) is 0 Å². The Morgan fingerprint density at radius 3 is 2.58 bits per heavy atom. The summed E-state index contributed by atoms with van der Waals surface area (Å²) in [5.41, 5.74) is -0.00484. The van der Waals surface area contributed by atoms with Crippen LogP contribution in [0, 0.1) is 0 Å². The molecule has 5 nitrogen and oxygen atoms in total. The Balaban J connectivity index is 2.38. The van der Waals surface area contributed by atoms with Gasteiger partial charge in [-0.1, -0.05) is 32.8 Å². The van der Waals surface area contributed by atoms with E-state index in [0.717, 1.165) is 10.0 Å². The molecule has 0 spiro atoms. The highest BCUT2D eigenvalue weighted by atomic mass is 79.9. The maximum Gasteiger partial charge on any atom is 0.362 e. The minimum Gasteiger partial charge on any atom is -0.421 e. The van der Waals surface area contributed by atoms with Crippen LogP contribution < -0.4 is 11.2 Å². The summed E-state index contributed by atoms with van der Waals surface area (Å²) in [6.07, 6.45) is 0. The molecule has 3 rings (SSSR count). The smallest absolute Gasteiger partial charge is 0.362 e. The van der Waals surface area contributed by atoms with Gasteiger partial charge in [-0.25, -0.2) is 4.79 Å². The van der Waals surface area contributed by atoms with Crippen LogP contribution in [0.4, 0.5) is 0 Å². The molecule has 0 bridgehead atoms. The minimum absolute atomic E-state index is 0.0947. The number of thiophene rings is 1. The zero-order valence-corrected chi connectivity index (χ0v) is 11.8. The Hall–Kier alpha value is -1.86. The van der Waals surface area contributed by atoms with Crippen LogP contribution in [0.1, 0.15) is 0 Å². The molecule has 0 saturated carbocycles. The molecule has 96 valence electrons. The Kier molecular flexibility index (Phi) is 2.79. The molecule has 0 aliphatic carbocycles. The average Bonchev–Trinajstić information content (AvgIpc) is 2.81. The van der Waals surface area contributed by atoms with Gasteiger partial charge in [0.15, 0.2) is 0 Å². The number of halogens is 1. The van der Waals surface area contributed by atoms with Crippen molar-refractivity contribution in [3.63, 3.8) is 0 Å². The molecule has 0 radical (unpaired) electrons. The van der Waals surface area contributed by atoms with Crippen LogP contribution >= 0.6 is 27.3 Å². The first-order valence-corrected chi connectivity index (χ1v) is 6.97. The summed E-state index contributed by atoms with van der Waals surface area (Å²) >= 11 is 4.60. The predicted molar refractivity (Wildman–Crippen MR) is 77.0 cm³/mol. The molecular weight excluding hydrogens is 332 g/mol.